The molecule has 0 aliphatic carbocycles. The zero-order chi connectivity index (χ0) is 19.3. The number of halogens is 1. The number of imide groups is 1. The van der Waals surface area contributed by atoms with Crippen LogP contribution in [-0.2, 0) is 19.9 Å². The SMILES string of the molecule is CC(C)(C)N1C(=O)[C@H]2[C@@H](C1=O)[C@]1(C(=O)Nc3ccc(F)cc31)[NH+]1CCC[C@@H]21. The molecule has 1 spiro atoms. The quantitative estimate of drug-likeness (QED) is 0.649. The molecule has 5 atom stereocenters. The van der Waals surface area contributed by atoms with Crippen molar-refractivity contribution >= 4 is 23.4 Å². The van der Waals surface area contributed by atoms with E-state index in [-0.39, 0.29) is 23.8 Å². The van der Waals surface area contributed by atoms with Crippen molar-refractivity contribution in [2.75, 3.05) is 11.9 Å². The molecule has 4 aliphatic rings. The van der Waals surface area contributed by atoms with Crippen molar-refractivity contribution in [3.8, 4) is 0 Å². The second-order valence-corrected chi connectivity index (χ2v) is 9.16. The van der Waals surface area contributed by atoms with Gasteiger partial charge in [-0.15, -0.1) is 0 Å². The summed E-state index contributed by atoms with van der Waals surface area (Å²) in [5.41, 5.74) is -0.789. The summed E-state index contributed by atoms with van der Waals surface area (Å²) in [5.74, 6) is -2.49. The minimum atomic E-state index is -1.21. The molecule has 142 valence electrons. The Labute approximate surface area is 156 Å². The zero-order valence-electron chi connectivity index (χ0n) is 15.6. The third-order valence-corrected chi connectivity index (χ3v) is 6.85. The summed E-state index contributed by atoms with van der Waals surface area (Å²) in [6.07, 6.45) is 1.69. The molecular formula is C20H23FN3O3+. The molecule has 1 aromatic carbocycles. The van der Waals surface area contributed by atoms with Crippen LogP contribution in [0.25, 0.3) is 0 Å². The molecule has 7 heteroatoms. The Bertz CT molecular complexity index is 908. The molecule has 1 aromatic rings. The standard InChI is InChI=1S/C20H22FN3O3/c1-19(2,3)24-16(25)14-13-5-4-8-23(13)20(15(14)17(24)26)11-9-10(21)6-7-12(11)22-18(20)27/h6-7,9,13-15H,4-5,8H2,1-3H3,(H,22,27)/p+1/t13-,14+,15-,20+/m0/s1. The van der Waals surface area contributed by atoms with Crippen molar-refractivity contribution in [3.05, 3.63) is 29.6 Å². The minimum absolute atomic E-state index is 0.0845. The molecule has 27 heavy (non-hydrogen) atoms. The Hall–Kier alpha value is -2.28. The predicted molar refractivity (Wildman–Crippen MR) is 94.1 cm³/mol. The van der Waals surface area contributed by atoms with Crippen LogP contribution in [0.3, 0.4) is 0 Å². The van der Waals surface area contributed by atoms with E-state index in [1.165, 1.54) is 17.0 Å². The third kappa shape index (κ3) is 1.81. The number of quaternary nitrogens is 1. The van der Waals surface area contributed by atoms with E-state index < -0.39 is 28.7 Å². The van der Waals surface area contributed by atoms with Gasteiger partial charge in [0.05, 0.1) is 12.2 Å². The molecule has 4 aliphatic heterocycles. The van der Waals surface area contributed by atoms with E-state index in [2.05, 4.69) is 5.32 Å². The molecule has 0 aromatic heterocycles. The highest BCUT2D eigenvalue weighted by Crippen LogP contribution is 2.52. The van der Waals surface area contributed by atoms with Crippen LogP contribution in [0.1, 0.15) is 39.2 Å². The van der Waals surface area contributed by atoms with Crippen LogP contribution in [0.15, 0.2) is 18.2 Å². The maximum Gasteiger partial charge on any atom is 0.291 e. The number of nitrogens with zero attached hydrogens (tertiary/aromatic N) is 1. The van der Waals surface area contributed by atoms with Crippen molar-refractivity contribution in [2.45, 2.75) is 50.7 Å². The monoisotopic (exact) mass is 372 g/mol. The number of anilines is 1. The van der Waals surface area contributed by atoms with Crippen LogP contribution < -0.4 is 10.2 Å². The first kappa shape index (κ1) is 16.9. The van der Waals surface area contributed by atoms with E-state index in [1.54, 1.807) is 6.07 Å². The second-order valence-electron chi connectivity index (χ2n) is 9.16. The lowest BCUT2D eigenvalue weighted by Gasteiger charge is -2.36. The molecule has 0 bridgehead atoms. The van der Waals surface area contributed by atoms with E-state index >= 15 is 0 Å². The van der Waals surface area contributed by atoms with E-state index in [0.29, 0.717) is 17.8 Å². The Morgan fingerprint density at radius 3 is 2.67 bits per heavy atom. The number of hydrogen-bond acceptors (Lipinski definition) is 3. The normalized spacial score (nSPS) is 37.0. The highest BCUT2D eigenvalue weighted by atomic mass is 19.1. The smallest absolute Gasteiger partial charge is 0.291 e. The average Bonchev–Trinajstić information content (AvgIpc) is 3.25. The highest BCUT2D eigenvalue weighted by molar-refractivity contribution is 6.14. The molecule has 4 heterocycles. The summed E-state index contributed by atoms with van der Waals surface area (Å²) in [6, 6.07) is 4.15. The molecule has 5 rings (SSSR count). The van der Waals surface area contributed by atoms with Gasteiger partial charge in [-0.1, -0.05) is 0 Å². The zero-order valence-corrected chi connectivity index (χ0v) is 15.6. The number of fused-ring (bicyclic) bond motifs is 7. The summed E-state index contributed by atoms with van der Waals surface area (Å²) >= 11 is 0. The summed E-state index contributed by atoms with van der Waals surface area (Å²) in [7, 11) is 0. The minimum Gasteiger partial charge on any atom is -0.320 e. The highest BCUT2D eigenvalue weighted by Gasteiger charge is 2.78. The van der Waals surface area contributed by atoms with E-state index in [1.807, 2.05) is 20.8 Å². The maximum absolute atomic E-state index is 14.1. The van der Waals surface area contributed by atoms with Gasteiger partial charge in [-0.05, 0) is 39.0 Å². The van der Waals surface area contributed by atoms with Crippen LogP contribution in [0, 0.1) is 17.7 Å². The average molecular weight is 372 g/mol. The summed E-state index contributed by atoms with van der Waals surface area (Å²) in [4.78, 5) is 42.4. The number of rotatable bonds is 0. The lowest BCUT2D eigenvalue weighted by molar-refractivity contribution is -0.948. The van der Waals surface area contributed by atoms with Gasteiger partial charge in [0.15, 0.2) is 0 Å². The summed E-state index contributed by atoms with van der Waals surface area (Å²) in [5, 5.41) is 2.86. The number of amides is 3. The molecule has 2 N–H and O–H groups in total. The molecule has 6 nitrogen and oxygen atoms in total. The van der Waals surface area contributed by atoms with Gasteiger partial charge in [0.1, 0.15) is 23.7 Å². The van der Waals surface area contributed by atoms with Crippen molar-refractivity contribution < 1.29 is 23.7 Å². The maximum atomic E-state index is 14.1. The van der Waals surface area contributed by atoms with Gasteiger partial charge in [-0.3, -0.25) is 19.3 Å². The first-order valence-corrected chi connectivity index (χ1v) is 9.54. The van der Waals surface area contributed by atoms with E-state index in [0.717, 1.165) is 17.7 Å². The van der Waals surface area contributed by atoms with E-state index in [9.17, 15) is 18.8 Å². The Balaban J connectivity index is 1.77. The van der Waals surface area contributed by atoms with Crippen molar-refractivity contribution in [1.29, 1.82) is 0 Å². The van der Waals surface area contributed by atoms with Gasteiger partial charge in [-0.25, -0.2) is 4.39 Å². The van der Waals surface area contributed by atoms with Crippen LogP contribution in [0.4, 0.5) is 10.1 Å². The summed E-state index contributed by atoms with van der Waals surface area (Å²) in [6.45, 7) is 6.20. The fourth-order valence-electron chi connectivity index (χ4n) is 6.09. The molecule has 1 unspecified atom stereocenters. The first-order valence-electron chi connectivity index (χ1n) is 9.54. The van der Waals surface area contributed by atoms with Gasteiger partial charge >= 0.3 is 0 Å². The van der Waals surface area contributed by atoms with Crippen LogP contribution >= 0.6 is 0 Å². The lowest BCUT2D eigenvalue weighted by Crippen LogP contribution is -3.19. The largest absolute Gasteiger partial charge is 0.320 e. The lowest BCUT2D eigenvalue weighted by atomic mass is 9.75. The number of carbonyl (C=O) groups excluding carboxylic acids is 3. The number of hydrogen-bond donors (Lipinski definition) is 2. The van der Waals surface area contributed by atoms with Crippen molar-refractivity contribution in [3.63, 3.8) is 0 Å². The van der Waals surface area contributed by atoms with Crippen LogP contribution in [0.5, 0.6) is 0 Å². The number of likely N-dealkylation sites (tertiary alicyclic amines) is 1. The van der Waals surface area contributed by atoms with Gasteiger partial charge in [0, 0.05) is 23.9 Å². The molecule has 3 fully saturated rings. The fraction of sp³-hybridized carbons (Fsp3) is 0.550. The van der Waals surface area contributed by atoms with E-state index in [4.69, 9.17) is 0 Å². The molecule has 3 saturated heterocycles. The van der Waals surface area contributed by atoms with Gasteiger partial charge in [0.25, 0.3) is 5.91 Å². The predicted octanol–water partition coefficient (Wildman–Crippen LogP) is 0.434. The molecule has 0 saturated carbocycles. The van der Waals surface area contributed by atoms with Gasteiger partial charge in [0.2, 0.25) is 17.4 Å². The van der Waals surface area contributed by atoms with Crippen molar-refractivity contribution in [1.82, 2.24) is 4.90 Å². The molecular weight excluding hydrogens is 349 g/mol. The van der Waals surface area contributed by atoms with Gasteiger partial charge < -0.3 is 10.2 Å². The number of nitrogens with one attached hydrogen (secondary N) is 2. The number of carbonyl (C=O) groups is 3. The molecule has 3 amide bonds. The fourth-order valence-corrected chi connectivity index (χ4v) is 6.09. The Morgan fingerprint density at radius 1 is 1.22 bits per heavy atom. The Morgan fingerprint density at radius 2 is 1.96 bits per heavy atom. The van der Waals surface area contributed by atoms with Crippen molar-refractivity contribution in [2.24, 2.45) is 11.8 Å². The second kappa shape index (κ2) is 4.95. The third-order valence-electron chi connectivity index (χ3n) is 6.85. The molecule has 0 radical (unpaired) electrons. The topological polar surface area (TPSA) is 70.9 Å². The Kier molecular flexibility index (Phi) is 3.09. The van der Waals surface area contributed by atoms with Gasteiger partial charge in [-0.2, -0.15) is 0 Å². The first-order chi connectivity index (χ1) is 12.7. The number of benzene rings is 1. The van der Waals surface area contributed by atoms with Crippen LogP contribution in [0.2, 0.25) is 0 Å². The van der Waals surface area contributed by atoms with Crippen LogP contribution in [-0.4, -0.2) is 40.7 Å². The summed E-state index contributed by atoms with van der Waals surface area (Å²) < 4.78 is 14.1.